The summed E-state index contributed by atoms with van der Waals surface area (Å²) in [6, 6.07) is 15.7. The molecule has 2 heterocycles. The zero-order chi connectivity index (χ0) is 22.5. The Morgan fingerprint density at radius 2 is 1.75 bits per heavy atom. The van der Waals surface area contributed by atoms with Crippen molar-refractivity contribution in [3.8, 4) is 17.0 Å². The third kappa shape index (κ3) is 4.98. The highest BCUT2D eigenvalue weighted by Gasteiger charge is 2.15. The molecule has 10 heteroatoms. The second-order valence-electron chi connectivity index (χ2n) is 6.38. The van der Waals surface area contributed by atoms with Gasteiger partial charge in [0.2, 0.25) is 0 Å². The number of aromatic nitrogens is 1. The topological polar surface area (TPSA) is 93.5 Å². The van der Waals surface area contributed by atoms with E-state index >= 15 is 0 Å². The minimum atomic E-state index is -2.96. The summed E-state index contributed by atoms with van der Waals surface area (Å²) in [5, 5.41) is 7.26. The van der Waals surface area contributed by atoms with Crippen LogP contribution < -0.4 is 15.4 Å². The Bertz CT molecular complexity index is 1220. The molecule has 162 valence electrons. The molecule has 0 aliphatic carbocycles. The van der Waals surface area contributed by atoms with Gasteiger partial charge in [0.1, 0.15) is 5.75 Å². The van der Waals surface area contributed by atoms with Crippen molar-refractivity contribution < 1.29 is 27.5 Å². The third-order valence-corrected chi connectivity index (χ3v) is 5.01. The van der Waals surface area contributed by atoms with E-state index in [2.05, 4.69) is 20.4 Å². The number of anilines is 2. The van der Waals surface area contributed by atoms with Gasteiger partial charge in [-0.05, 0) is 48.5 Å². The summed E-state index contributed by atoms with van der Waals surface area (Å²) < 4.78 is 34.8. The Labute approximate surface area is 184 Å². The van der Waals surface area contributed by atoms with Crippen LogP contribution in [0.4, 0.5) is 19.6 Å². The van der Waals surface area contributed by atoms with Crippen molar-refractivity contribution in [2.24, 2.45) is 0 Å². The van der Waals surface area contributed by atoms with E-state index in [1.54, 1.807) is 53.9 Å². The zero-order valence-corrected chi connectivity index (χ0v) is 17.1. The number of carbonyl (C=O) groups is 2. The number of rotatable bonds is 7. The first-order chi connectivity index (χ1) is 15.5. The van der Waals surface area contributed by atoms with E-state index in [0.717, 1.165) is 11.3 Å². The number of halogens is 2. The molecule has 0 unspecified atom stereocenters. The molecule has 2 N–H and O–H groups in total. The smallest absolute Gasteiger partial charge is 0.387 e. The molecule has 0 fully saturated rings. The van der Waals surface area contributed by atoms with Crippen molar-refractivity contribution in [3.05, 3.63) is 83.6 Å². The van der Waals surface area contributed by atoms with Gasteiger partial charge < -0.3 is 14.5 Å². The average Bonchev–Trinajstić information content (AvgIpc) is 3.47. The highest BCUT2D eigenvalue weighted by molar-refractivity contribution is 7.14. The normalized spacial score (nSPS) is 10.7. The second kappa shape index (κ2) is 9.40. The maximum atomic E-state index is 12.6. The van der Waals surface area contributed by atoms with Crippen LogP contribution in [0.3, 0.4) is 0 Å². The van der Waals surface area contributed by atoms with Gasteiger partial charge in [-0.1, -0.05) is 12.1 Å². The van der Waals surface area contributed by atoms with Crippen LogP contribution in [0.1, 0.15) is 20.9 Å². The molecule has 0 atom stereocenters. The Morgan fingerprint density at radius 1 is 0.969 bits per heavy atom. The molecule has 4 rings (SSSR count). The van der Waals surface area contributed by atoms with Gasteiger partial charge in [-0.25, -0.2) is 4.98 Å². The van der Waals surface area contributed by atoms with Gasteiger partial charge in [0, 0.05) is 22.2 Å². The van der Waals surface area contributed by atoms with Gasteiger partial charge >= 0.3 is 6.61 Å². The predicted octanol–water partition coefficient (Wildman–Crippen LogP) is 5.51. The first kappa shape index (κ1) is 21.2. The molecule has 0 spiro atoms. The number of carbonyl (C=O) groups excluding carboxylic acids is 2. The second-order valence-corrected chi connectivity index (χ2v) is 7.23. The monoisotopic (exact) mass is 455 g/mol. The fourth-order valence-electron chi connectivity index (χ4n) is 2.81. The number of hydrogen-bond acceptors (Lipinski definition) is 6. The van der Waals surface area contributed by atoms with Crippen molar-refractivity contribution in [3.63, 3.8) is 0 Å². The van der Waals surface area contributed by atoms with Crippen LogP contribution in [-0.4, -0.2) is 23.4 Å². The fraction of sp³-hybridized carbons (Fsp3) is 0.0455. The van der Waals surface area contributed by atoms with Crippen LogP contribution in [0.5, 0.6) is 5.75 Å². The summed E-state index contributed by atoms with van der Waals surface area (Å²) >= 11 is 1.15. The van der Waals surface area contributed by atoms with Crippen molar-refractivity contribution in [2.75, 3.05) is 10.6 Å². The van der Waals surface area contributed by atoms with E-state index in [0.29, 0.717) is 27.6 Å². The standard InChI is InChI=1S/C22H15F2N3O4S/c23-21(24)31-17-5-2-1-4-15(17)16-12-32-22(26-16)27-19(28)13-7-9-14(10-8-13)25-20(29)18-6-3-11-30-18/h1-12,21H,(H,25,29)(H,26,27,28). The number of benzene rings is 2. The lowest BCUT2D eigenvalue weighted by Gasteiger charge is -2.08. The lowest BCUT2D eigenvalue weighted by molar-refractivity contribution is -0.0494. The number of para-hydroxylation sites is 1. The van der Waals surface area contributed by atoms with Gasteiger partial charge in [-0.15, -0.1) is 11.3 Å². The fourth-order valence-corrected chi connectivity index (χ4v) is 3.51. The van der Waals surface area contributed by atoms with Crippen molar-refractivity contribution in [1.82, 2.24) is 4.98 Å². The van der Waals surface area contributed by atoms with Gasteiger partial charge in [-0.2, -0.15) is 8.78 Å². The molecule has 0 radical (unpaired) electrons. The molecule has 7 nitrogen and oxygen atoms in total. The Balaban J connectivity index is 1.42. The van der Waals surface area contributed by atoms with Gasteiger partial charge in [0.25, 0.3) is 11.8 Å². The molecule has 32 heavy (non-hydrogen) atoms. The van der Waals surface area contributed by atoms with E-state index < -0.39 is 18.4 Å². The summed E-state index contributed by atoms with van der Waals surface area (Å²) in [6.07, 6.45) is 1.40. The Kier molecular flexibility index (Phi) is 6.22. The average molecular weight is 455 g/mol. The minimum Gasteiger partial charge on any atom is -0.459 e. The quantitative estimate of drug-likeness (QED) is 0.383. The largest absolute Gasteiger partial charge is 0.459 e. The number of furan rings is 1. The number of ether oxygens (including phenoxy) is 1. The number of nitrogens with zero attached hydrogens (tertiary/aromatic N) is 1. The number of hydrogen-bond donors (Lipinski definition) is 2. The molecule has 0 aliphatic rings. The van der Waals surface area contributed by atoms with Crippen LogP contribution in [0.15, 0.2) is 76.7 Å². The molecule has 0 saturated carbocycles. The van der Waals surface area contributed by atoms with Crippen LogP contribution in [-0.2, 0) is 0 Å². The van der Waals surface area contributed by atoms with Crippen LogP contribution >= 0.6 is 11.3 Å². The highest BCUT2D eigenvalue weighted by atomic mass is 32.1. The number of thiazole rings is 1. The number of nitrogens with one attached hydrogen (secondary N) is 2. The highest BCUT2D eigenvalue weighted by Crippen LogP contribution is 2.33. The summed E-state index contributed by atoms with van der Waals surface area (Å²) in [6.45, 7) is -2.96. The van der Waals surface area contributed by atoms with Gasteiger partial charge in [-0.3, -0.25) is 14.9 Å². The first-order valence-electron chi connectivity index (χ1n) is 9.25. The molecule has 0 bridgehead atoms. The van der Waals surface area contributed by atoms with Crippen LogP contribution in [0, 0.1) is 0 Å². The van der Waals surface area contributed by atoms with Crippen LogP contribution in [0.25, 0.3) is 11.3 Å². The van der Waals surface area contributed by atoms with E-state index in [9.17, 15) is 18.4 Å². The predicted molar refractivity (Wildman–Crippen MR) is 115 cm³/mol. The lowest BCUT2D eigenvalue weighted by atomic mass is 10.1. The number of amides is 2. The molecule has 2 amide bonds. The summed E-state index contributed by atoms with van der Waals surface area (Å²) in [4.78, 5) is 28.8. The maximum Gasteiger partial charge on any atom is 0.387 e. The van der Waals surface area contributed by atoms with Gasteiger partial charge in [0.05, 0.1) is 12.0 Å². The lowest BCUT2D eigenvalue weighted by Crippen LogP contribution is -2.13. The molecular weight excluding hydrogens is 440 g/mol. The third-order valence-electron chi connectivity index (χ3n) is 4.25. The van der Waals surface area contributed by atoms with E-state index in [4.69, 9.17) is 4.42 Å². The molecule has 2 aromatic carbocycles. The molecule has 0 aliphatic heterocycles. The molecule has 2 aromatic heterocycles. The van der Waals surface area contributed by atoms with Crippen molar-refractivity contribution in [2.45, 2.75) is 6.61 Å². The molecule has 0 saturated heterocycles. The molecule has 4 aromatic rings. The van der Waals surface area contributed by atoms with Crippen molar-refractivity contribution >= 4 is 34.0 Å². The summed E-state index contributed by atoms with van der Waals surface area (Å²) in [5.74, 6) is -0.643. The zero-order valence-electron chi connectivity index (χ0n) is 16.2. The Morgan fingerprint density at radius 3 is 2.47 bits per heavy atom. The van der Waals surface area contributed by atoms with E-state index in [1.165, 1.54) is 18.4 Å². The first-order valence-corrected chi connectivity index (χ1v) is 10.1. The number of alkyl halides is 2. The van der Waals surface area contributed by atoms with Gasteiger partial charge in [0.15, 0.2) is 10.9 Å². The van der Waals surface area contributed by atoms with E-state index in [-0.39, 0.29) is 11.5 Å². The minimum absolute atomic E-state index is 0.00198. The molecular formula is C22H15F2N3O4S. The SMILES string of the molecule is O=C(Nc1nc(-c2ccccc2OC(F)F)cs1)c1ccc(NC(=O)c2ccco2)cc1. The van der Waals surface area contributed by atoms with E-state index in [1.807, 2.05) is 0 Å². The summed E-state index contributed by atoms with van der Waals surface area (Å²) in [5.41, 5.74) is 1.63. The Hall–Kier alpha value is -4.05. The van der Waals surface area contributed by atoms with Crippen LogP contribution in [0.2, 0.25) is 0 Å². The maximum absolute atomic E-state index is 12.6. The van der Waals surface area contributed by atoms with Crippen molar-refractivity contribution in [1.29, 1.82) is 0 Å². The summed E-state index contributed by atoms with van der Waals surface area (Å²) in [7, 11) is 0.